The van der Waals surface area contributed by atoms with Crippen molar-refractivity contribution in [1.82, 2.24) is 0 Å². The molecule has 0 aliphatic carbocycles. The van der Waals surface area contributed by atoms with E-state index < -0.39 is 9.84 Å². The van der Waals surface area contributed by atoms with E-state index in [1.54, 1.807) is 42.5 Å². The molecule has 5 aromatic carbocycles. The number of hydrogen-bond donors (Lipinski definition) is 0. The summed E-state index contributed by atoms with van der Waals surface area (Å²) in [5, 5.41) is 0. The average molecular weight is 636 g/mol. The fourth-order valence-electron chi connectivity index (χ4n) is 3.74. The van der Waals surface area contributed by atoms with Crippen LogP contribution >= 0.6 is 31.9 Å². The van der Waals surface area contributed by atoms with Crippen molar-refractivity contribution < 1.29 is 17.9 Å². The molecule has 0 aromatic heterocycles. The van der Waals surface area contributed by atoms with E-state index in [4.69, 9.17) is 9.47 Å². The van der Waals surface area contributed by atoms with E-state index in [1.165, 1.54) is 0 Å². The summed E-state index contributed by atoms with van der Waals surface area (Å²) in [6.07, 6.45) is 0. The molecule has 0 bridgehead atoms. The highest BCUT2D eigenvalue weighted by molar-refractivity contribution is 9.10. The third kappa shape index (κ3) is 5.96. The van der Waals surface area contributed by atoms with Gasteiger partial charge in [-0.25, -0.2) is 8.42 Å². The lowest BCUT2D eigenvalue weighted by Gasteiger charge is -2.14. The second kappa shape index (κ2) is 10.9. The molecule has 37 heavy (non-hydrogen) atoms. The highest BCUT2D eigenvalue weighted by atomic mass is 79.9. The van der Waals surface area contributed by atoms with Gasteiger partial charge in [-0.3, -0.25) is 0 Å². The van der Waals surface area contributed by atoms with Crippen LogP contribution in [0.25, 0.3) is 11.1 Å². The Balaban J connectivity index is 1.48. The molecule has 0 radical (unpaired) electrons. The molecule has 184 valence electrons. The maximum Gasteiger partial charge on any atom is 0.207 e. The molecule has 0 heterocycles. The van der Waals surface area contributed by atoms with Gasteiger partial charge in [-0.05, 0) is 96.6 Å². The van der Waals surface area contributed by atoms with Gasteiger partial charge in [0.05, 0.1) is 9.79 Å². The van der Waals surface area contributed by atoms with Crippen LogP contribution in [0.2, 0.25) is 0 Å². The fraction of sp³-hybridized carbons (Fsp3) is 0. The van der Waals surface area contributed by atoms with Gasteiger partial charge in [-0.1, -0.05) is 62.2 Å². The molecule has 5 aromatic rings. The predicted octanol–water partition coefficient (Wildman–Crippen LogP) is 9.30. The van der Waals surface area contributed by atoms with E-state index in [0.717, 1.165) is 14.5 Å². The van der Waals surface area contributed by atoms with E-state index in [0.29, 0.717) is 28.6 Å². The first kappa shape index (κ1) is 25.3. The Morgan fingerprint density at radius 3 is 1.51 bits per heavy atom. The standard InChI is InChI=1S/C30H20Br2O4S/c31-22-6-10-24(11-7-22)35-26-14-17-28(18-15-26)37(33,34)30-19-16-27(36-25-12-8-23(32)9-13-25)20-29(30)21-4-2-1-3-5-21/h1-20H. The van der Waals surface area contributed by atoms with Crippen LogP contribution < -0.4 is 9.47 Å². The molecule has 7 heteroatoms. The third-order valence-corrected chi connectivity index (χ3v) is 8.44. The Morgan fingerprint density at radius 2 is 0.973 bits per heavy atom. The minimum Gasteiger partial charge on any atom is -0.457 e. The van der Waals surface area contributed by atoms with Crippen molar-refractivity contribution in [3.8, 4) is 34.1 Å². The van der Waals surface area contributed by atoms with Crippen molar-refractivity contribution >= 4 is 41.7 Å². The Kier molecular flexibility index (Phi) is 7.46. The topological polar surface area (TPSA) is 52.6 Å². The van der Waals surface area contributed by atoms with Gasteiger partial charge in [0.15, 0.2) is 0 Å². The molecular weight excluding hydrogens is 616 g/mol. The molecule has 5 rings (SSSR count). The summed E-state index contributed by atoms with van der Waals surface area (Å²) in [5.41, 5.74) is 1.34. The summed E-state index contributed by atoms with van der Waals surface area (Å²) < 4.78 is 41.2. The predicted molar refractivity (Wildman–Crippen MR) is 152 cm³/mol. The lowest BCUT2D eigenvalue weighted by Crippen LogP contribution is -2.04. The number of sulfone groups is 1. The molecule has 0 aliphatic heterocycles. The molecule has 0 amide bonds. The van der Waals surface area contributed by atoms with Gasteiger partial charge in [-0.15, -0.1) is 0 Å². The Bertz CT molecular complexity index is 1620. The SMILES string of the molecule is O=S(=O)(c1ccc(Oc2ccc(Br)cc2)cc1)c1ccc(Oc2ccc(Br)cc2)cc1-c1ccccc1. The van der Waals surface area contributed by atoms with Gasteiger partial charge in [0.1, 0.15) is 23.0 Å². The maximum atomic E-state index is 13.8. The van der Waals surface area contributed by atoms with Crippen LogP contribution in [0.4, 0.5) is 0 Å². The Labute approximate surface area is 232 Å². The summed E-state index contributed by atoms with van der Waals surface area (Å²) in [6, 6.07) is 35.7. The minimum atomic E-state index is -3.83. The highest BCUT2D eigenvalue weighted by Crippen LogP contribution is 2.36. The molecule has 0 spiro atoms. The Hall–Kier alpha value is -3.39. The molecule has 0 fully saturated rings. The van der Waals surface area contributed by atoms with Crippen molar-refractivity contribution in [3.63, 3.8) is 0 Å². The van der Waals surface area contributed by atoms with Crippen LogP contribution in [0.3, 0.4) is 0 Å². The number of hydrogen-bond acceptors (Lipinski definition) is 4. The molecular formula is C30H20Br2O4S. The van der Waals surface area contributed by atoms with E-state index in [9.17, 15) is 8.42 Å². The molecule has 0 unspecified atom stereocenters. The second-order valence-electron chi connectivity index (χ2n) is 8.11. The number of ether oxygens (including phenoxy) is 2. The van der Waals surface area contributed by atoms with Gasteiger partial charge < -0.3 is 9.47 Å². The van der Waals surface area contributed by atoms with Crippen molar-refractivity contribution in [1.29, 1.82) is 0 Å². The second-order valence-corrected chi connectivity index (χ2v) is 11.9. The molecule has 0 N–H and O–H groups in total. The smallest absolute Gasteiger partial charge is 0.207 e. The summed E-state index contributed by atoms with van der Waals surface area (Å²) in [5.74, 6) is 2.40. The van der Waals surface area contributed by atoms with Crippen LogP contribution in [0.15, 0.2) is 140 Å². The van der Waals surface area contributed by atoms with Gasteiger partial charge in [0.25, 0.3) is 0 Å². The van der Waals surface area contributed by atoms with E-state index in [-0.39, 0.29) is 9.79 Å². The average Bonchev–Trinajstić information content (AvgIpc) is 2.92. The summed E-state index contributed by atoms with van der Waals surface area (Å²) >= 11 is 6.82. The van der Waals surface area contributed by atoms with Gasteiger partial charge >= 0.3 is 0 Å². The molecule has 0 atom stereocenters. The molecule has 4 nitrogen and oxygen atoms in total. The van der Waals surface area contributed by atoms with Crippen LogP contribution in [-0.4, -0.2) is 8.42 Å². The molecule has 0 aliphatic rings. The number of halogens is 2. The first-order valence-corrected chi connectivity index (χ1v) is 14.4. The minimum absolute atomic E-state index is 0.175. The maximum absolute atomic E-state index is 13.8. The van der Waals surface area contributed by atoms with Gasteiger partial charge in [0.2, 0.25) is 9.84 Å². The van der Waals surface area contributed by atoms with Crippen molar-refractivity contribution in [3.05, 3.63) is 130 Å². The summed E-state index contributed by atoms with van der Waals surface area (Å²) in [7, 11) is -3.83. The lowest BCUT2D eigenvalue weighted by molar-refractivity contribution is 0.482. The number of benzene rings is 5. The number of rotatable bonds is 7. The largest absolute Gasteiger partial charge is 0.457 e. The summed E-state index contributed by atoms with van der Waals surface area (Å²) in [6.45, 7) is 0. The highest BCUT2D eigenvalue weighted by Gasteiger charge is 2.23. The van der Waals surface area contributed by atoms with E-state index in [2.05, 4.69) is 31.9 Å². The van der Waals surface area contributed by atoms with Crippen molar-refractivity contribution in [2.45, 2.75) is 9.79 Å². The first-order valence-electron chi connectivity index (χ1n) is 11.3. The Morgan fingerprint density at radius 1 is 0.514 bits per heavy atom. The quantitative estimate of drug-likeness (QED) is 0.179. The monoisotopic (exact) mass is 634 g/mol. The van der Waals surface area contributed by atoms with Crippen LogP contribution in [0.1, 0.15) is 0 Å². The van der Waals surface area contributed by atoms with Crippen LogP contribution in [0.5, 0.6) is 23.0 Å². The zero-order chi connectivity index (χ0) is 25.8. The fourth-order valence-corrected chi connectivity index (χ4v) is 5.73. The van der Waals surface area contributed by atoms with Crippen molar-refractivity contribution in [2.75, 3.05) is 0 Å². The normalized spacial score (nSPS) is 11.2. The molecule has 0 saturated carbocycles. The lowest BCUT2D eigenvalue weighted by atomic mass is 10.1. The van der Waals surface area contributed by atoms with Crippen molar-refractivity contribution in [2.24, 2.45) is 0 Å². The summed E-state index contributed by atoms with van der Waals surface area (Å²) in [4.78, 5) is 0.373. The zero-order valence-electron chi connectivity index (χ0n) is 19.3. The van der Waals surface area contributed by atoms with Gasteiger partial charge in [-0.2, -0.15) is 0 Å². The van der Waals surface area contributed by atoms with Gasteiger partial charge in [0, 0.05) is 14.5 Å². The zero-order valence-corrected chi connectivity index (χ0v) is 23.3. The first-order chi connectivity index (χ1) is 17.9. The third-order valence-electron chi connectivity index (χ3n) is 5.56. The van der Waals surface area contributed by atoms with E-state index >= 15 is 0 Å². The van der Waals surface area contributed by atoms with E-state index in [1.807, 2.05) is 78.9 Å². The van der Waals surface area contributed by atoms with Crippen LogP contribution in [0, 0.1) is 0 Å². The van der Waals surface area contributed by atoms with Crippen LogP contribution in [-0.2, 0) is 9.84 Å². The molecule has 0 saturated heterocycles.